The Kier molecular flexibility index (Phi) is 5.21. The van der Waals surface area contributed by atoms with Crippen molar-refractivity contribution in [1.29, 1.82) is 0 Å². The minimum Gasteiger partial charge on any atom is -0.534 e. The maximum Gasteiger partial charge on any atom is 0.547 e. The minimum absolute atomic E-state index is 0.0894. The van der Waals surface area contributed by atoms with Crippen molar-refractivity contribution < 1.29 is 24.0 Å². The van der Waals surface area contributed by atoms with E-state index in [9.17, 15) is 14.6 Å². The van der Waals surface area contributed by atoms with Crippen LogP contribution in [0.15, 0.2) is 6.07 Å². The summed E-state index contributed by atoms with van der Waals surface area (Å²) in [5.74, 6) is -1.50. The van der Waals surface area contributed by atoms with Gasteiger partial charge in [-0.05, 0) is 19.4 Å². The van der Waals surface area contributed by atoms with Gasteiger partial charge < -0.3 is 19.7 Å². The Hall–Kier alpha value is -1.44. The SMILES string of the molecule is CCOC(=O)c1cc(Cl)c(Cl)c2c1OB(O)C(NC(C)=O)C2. The molecule has 1 heterocycles. The summed E-state index contributed by atoms with van der Waals surface area (Å²) in [4.78, 5) is 23.2. The van der Waals surface area contributed by atoms with E-state index in [0.717, 1.165) is 0 Å². The monoisotopic (exact) mass is 345 g/mol. The van der Waals surface area contributed by atoms with Crippen LogP contribution in [0.4, 0.5) is 0 Å². The minimum atomic E-state index is -1.30. The Morgan fingerprint density at radius 1 is 1.55 bits per heavy atom. The molecule has 0 bridgehead atoms. The van der Waals surface area contributed by atoms with Gasteiger partial charge in [-0.1, -0.05) is 23.2 Å². The van der Waals surface area contributed by atoms with Gasteiger partial charge in [0.2, 0.25) is 5.91 Å². The molecule has 0 radical (unpaired) electrons. The van der Waals surface area contributed by atoms with Crippen LogP contribution in [0, 0.1) is 0 Å². The first-order valence-corrected chi connectivity index (χ1v) is 7.40. The maximum atomic E-state index is 12.0. The lowest BCUT2D eigenvalue weighted by atomic mass is 9.72. The molecular weight excluding hydrogens is 332 g/mol. The van der Waals surface area contributed by atoms with Crippen molar-refractivity contribution in [3.8, 4) is 5.75 Å². The number of rotatable bonds is 3. The summed E-state index contributed by atoms with van der Waals surface area (Å²) in [6, 6.07) is 1.34. The predicted molar refractivity (Wildman–Crippen MR) is 82.3 cm³/mol. The quantitative estimate of drug-likeness (QED) is 0.642. The van der Waals surface area contributed by atoms with Gasteiger partial charge in [-0.2, -0.15) is 0 Å². The highest BCUT2D eigenvalue weighted by molar-refractivity contribution is 6.48. The zero-order valence-corrected chi connectivity index (χ0v) is 13.5. The average molecular weight is 346 g/mol. The van der Waals surface area contributed by atoms with Gasteiger partial charge in [0.1, 0.15) is 11.3 Å². The number of benzene rings is 1. The molecule has 22 heavy (non-hydrogen) atoms. The molecule has 1 aromatic rings. The van der Waals surface area contributed by atoms with E-state index in [-0.39, 0.29) is 40.3 Å². The van der Waals surface area contributed by atoms with Crippen LogP contribution < -0.4 is 9.97 Å². The molecule has 1 aliphatic rings. The second-order valence-corrected chi connectivity index (χ2v) is 5.55. The summed E-state index contributed by atoms with van der Waals surface area (Å²) < 4.78 is 10.3. The van der Waals surface area contributed by atoms with Crippen LogP contribution in [0.3, 0.4) is 0 Å². The number of fused-ring (bicyclic) bond motifs is 1. The molecule has 9 heteroatoms. The van der Waals surface area contributed by atoms with Gasteiger partial charge >= 0.3 is 13.1 Å². The molecule has 1 unspecified atom stereocenters. The topological polar surface area (TPSA) is 84.9 Å². The van der Waals surface area contributed by atoms with E-state index >= 15 is 0 Å². The molecule has 1 amide bonds. The molecule has 2 rings (SSSR count). The van der Waals surface area contributed by atoms with Crippen LogP contribution in [0.2, 0.25) is 10.0 Å². The van der Waals surface area contributed by atoms with E-state index in [1.807, 2.05) is 0 Å². The van der Waals surface area contributed by atoms with Crippen molar-refractivity contribution in [2.24, 2.45) is 0 Å². The van der Waals surface area contributed by atoms with Gasteiger partial charge in [-0.15, -0.1) is 0 Å². The summed E-state index contributed by atoms with van der Waals surface area (Å²) in [6.45, 7) is 3.18. The number of carbonyl (C=O) groups excluding carboxylic acids is 2. The third-order valence-corrected chi connectivity index (χ3v) is 3.98. The zero-order valence-electron chi connectivity index (χ0n) is 12.0. The van der Waals surface area contributed by atoms with Gasteiger partial charge in [-0.3, -0.25) is 4.79 Å². The van der Waals surface area contributed by atoms with Crippen LogP contribution in [0.5, 0.6) is 5.75 Å². The highest BCUT2D eigenvalue weighted by Gasteiger charge is 2.39. The molecule has 0 saturated heterocycles. The third-order valence-electron chi connectivity index (χ3n) is 3.16. The third kappa shape index (κ3) is 3.32. The Bertz CT molecular complexity index is 625. The smallest absolute Gasteiger partial charge is 0.534 e. The van der Waals surface area contributed by atoms with Gasteiger partial charge in [0.25, 0.3) is 0 Å². The molecule has 0 saturated carbocycles. The molecule has 0 aromatic heterocycles. The summed E-state index contributed by atoms with van der Waals surface area (Å²) in [7, 11) is -1.30. The van der Waals surface area contributed by atoms with Gasteiger partial charge in [-0.25, -0.2) is 4.79 Å². The van der Waals surface area contributed by atoms with Crippen molar-refractivity contribution >= 4 is 42.2 Å². The molecular formula is C13H14BCl2NO5. The summed E-state index contributed by atoms with van der Waals surface area (Å²) >= 11 is 12.2. The van der Waals surface area contributed by atoms with Crippen LogP contribution >= 0.6 is 23.2 Å². The van der Waals surface area contributed by atoms with Gasteiger partial charge in [0.15, 0.2) is 0 Å². The number of carbonyl (C=O) groups is 2. The van der Waals surface area contributed by atoms with Crippen LogP contribution in [0.25, 0.3) is 0 Å². The molecule has 1 aromatic carbocycles. The molecule has 118 valence electrons. The molecule has 1 aliphatic heterocycles. The van der Waals surface area contributed by atoms with E-state index < -0.39 is 19.0 Å². The molecule has 0 spiro atoms. The van der Waals surface area contributed by atoms with E-state index in [2.05, 4.69) is 5.32 Å². The molecule has 6 nitrogen and oxygen atoms in total. The van der Waals surface area contributed by atoms with E-state index in [1.165, 1.54) is 13.0 Å². The van der Waals surface area contributed by atoms with Crippen molar-refractivity contribution in [3.63, 3.8) is 0 Å². The van der Waals surface area contributed by atoms with Gasteiger partial charge in [0.05, 0.1) is 22.6 Å². The van der Waals surface area contributed by atoms with E-state index in [1.54, 1.807) is 6.92 Å². The zero-order chi connectivity index (χ0) is 16.4. The molecule has 1 atom stereocenters. The van der Waals surface area contributed by atoms with Crippen LogP contribution in [-0.4, -0.2) is 36.6 Å². The molecule has 0 fully saturated rings. The fourth-order valence-electron chi connectivity index (χ4n) is 2.25. The largest absolute Gasteiger partial charge is 0.547 e. The van der Waals surface area contributed by atoms with Crippen molar-refractivity contribution in [2.45, 2.75) is 26.2 Å². The fourth-order valence-corrected chi connectivity index (χ4v) is 2.69. The number of amides is 1. The number of esters is 1. The predicted octanol–water partition coefficient (Wildman–Crippen LogP) is 1.63. The second-order valence-electron chi connectivity index (χ2n) is 4.77. The number of ether oxygens (including phenoxy) is 1. The van der Waals surface area contributed by atoms with Crippen molar-refractivity contribution in [2.75, 3.05) is 6.61 Å². The Labute approximate surface area is 137 Å². The molecule has 2 N–H and O–H groups in total. The van der Waals surface area contributed by atoms with Crippen LogP contribution in [0.1, 0.15) is 29.8 Å². The van der Waals surface area contributed by atoms with Crippen molar-refractivity contribution in [1.82, 2.24) is 5.32 Å². The lowest BCUT2D eigenvalue weighted by Crippen LogP contribution is -2.52. The first-order valence-electron chi connectivity index (χ1n) is 6.65. The highest BCUT2D eigenvalue weighted by atomic mass is 35.5. The Balaban J connectivity index is 2.46. The highest BCUT2D eigenvalue weighted by Crippen LogP contribution is 2.40. The number of nitrogens with one attached hydrogen (secondary N) is 1. The Morgan fingerprint density at radius 3 is 2.82 bits per heavy atom. The van der Waals surface area contributed by atoms with E-state index in [4.69, 9.17) is 32.6 Å². The lowest BCUT2D eigenvalue weighted by Gasteiger charge is -2.29. The summed E-state index contributed by atoms with van der Waals surface area (Å²) in [5.41, 5.74) is 0.535. The first kappa shape index (κ1) is 16.9. The maximum absolute atomic E-state index is 12.0. The normalized spacial score (nSPS) is 16.6. The van der Waals surface area contributed by atoms with E-state index in [0.29, 0.717) is 5.56 Å². The number of halogens is 2. The summed E-state index contributed by atoms with van der Waals surface area (Å²) in [6.07, 6.45) is 0.182. The van der Waals surface area contributed by atoms with Crippen LogP contribution in [-0.2, 0) is 16.0 Å². The van der Waals surface area contributed by atoms with Crippen molar-refractivity contribution in [3.05, 3.63) is 27.2 Å². The molecule has 0 aliphatic carbocycles. The number of hydrogen-bond donors (Lipinski definition) is 2. The lowest BCUT2D eigenvalue weighted by molar-refractivity contribution is -0.119. The average Bonchev–Trinajstić information content (AvgIpc) is 2.44. The first-order chi connectivity index (χ1) is 10.3. The second kappa shape index (κ2) is 6.77. The summed E-state index contributed by atoms with van der Waals surface area (Å²) in [5, 5.41) is 12.9. The fraction of sp³-hybridized carbons (Fsp3) is 0.385. The number of hydrogen-bond acceptors (Lipinski definition) is 5. The standard InChI is InChI=1S/C13H14BCl2NO5/c1-3-21-13(19)8-4-9(15)11(16)7-5-10(17-6(2)18)14(20)22-12(7)8/h4,10,20H,3,5H2,1-2H3,(H,17,18). The Morgan fingerprint density at radius 2 is 2.23 bits per heavy atom. The van der Waals surface area contributed by atoms with Gasteiger partial charge in [0, 0.05) is 12.5 Å².